The third kappa shape index (κ3) is 11.1. The number of aromatic amines is 1. The van der Waals surface area contributed by atoms with Gasteiger partial charge in [0.25, 0.3) is 0 Å². The van der Waals surface area contributed by atoms with Crippen molar-refractivity contribution in [3.8, 4) is 0 Å². The Labute approximate surface area is 269 Å². The van der Waals surface area contributed by atoms with E-state index in [1.54, 1.807) is 0 Å². The Morgan fingerprint density at radius 1 is 0.489 bits per heavy atom. The summed E-state index contributed by atoms with van der Waals surface area (Å²) in [7, 11) is 0. The first-order chi connectivity index (χ1) is 20.6. The molecule has 0 radical (unpaired) electrons. The molecule has 0 saturated heterocycles. The molecule has 0 unspecified atom stereocenters. The number of nitrogens with zero attached hydrogens (tertiary/aromatic N) is 11. The first kappa shape index (κ1) is 34.4. The molecule has 0 aliphatic heterocycles. The Balaban J connectivity index is 1.78. The molecule has 0 saturated carbocycles. The monoisotopic (exact) mass is 620 g/mol. The standard InChI is InChI=1S/C33H56N12/c1-29(2,3)13-24-18-43(40-34-24)21-33(17-28-27(37-39-38-28)16-32(10,11)12,22-44-19-25(35-41-44)14-30(4,5)6)23-45-20-26(36-42-45)15-31(7,8)9/h18-20H,13-17,21-23H2,1-12H3,(H,37,38,39). The van der Waals surface area contributed by atoms with E-state index in [-0.39, 0.29) is 21.7 Å². The SMILES string of the molecule is CC(C)(C)Cc1cn(CC(Cc2[nH]nnc2CC(C)(C)C)(Cn2cc(CC(C)(C)C)nn2)Cn2cc(CC(C)(C)C)nn2)nn1. The Morgan fingerprint density at radius 3 is 1.18 bits per heavy atom. The Kier molecular flexibility index (Phi) is 9.76. The number of hydrogen-bond donors (Lipinski definition) is 1. The minimum Gasteiger partial charge on any atom is -0.262 e. The van der Waals surface area contributed by atoms with Crippen molar-refractivity contribution in [3.05, 3.63) is 47.1 Å². The van der Waals surface area contributed by atoms with Crippen LogP contribution in [0.4, 0.5) is 0 Å². The normalized spacial score (nSPS) is 13.6. The fourth-order valence-corrected chi connectivity index (χ4v) is 5.90. The van der Waals surface area contributed by atoms with E-state index in [1.807, 2.05) is 14.0 Å². The molecule has 0 bridgehead atoms. The van der Waals surface area contributed by atoms with Crippen LogP contribution >= 0.6 is 0 Å². The van der Waals surface area contributed by atoms with Crippen LogP contribution in [0.2, 0.25) is 0 Å². The summed E-state index contributed by atoms with van der Waals surface area (Å²) < 4.78 is 5.94. The first-order valence-corrected chi connectivity index (χ1v) is 16.2. The Hall–Kier alpha value is -3.44. The fraction of sp³-hybridized carbons (Fsp3) is 0.758. The minimum absolute atomic E-state index is 0.0591. The van der Waals surface area contributed by atoms with Gasteiger partial charge in [0.05, 0.1) is 48.1 Å². The van der Waals surface area contributed by atoms with E-state index in [0.29, 0.717) is 26.1 Å². The molecule has 0 atom stereocenters. The maximum Gasteiger partial charge on any atom is 0.0861 e. The summed E-state index contributed by atoms with van der Waals surface area (Å²) in [5.41, 5.74) is 4.87. The molecular weight excluding hydrogens is 564 g/mol. The second kappa shape index (κ2) is 12.7. The number of aromatic nitrogens is 12. The van der Waals surface area contributed by atoms with Crippen LogP contribution in [0.5, 0.6) is 0 Å². The van der Waals surface area contributed by atoms with Crippen molar-refractivity contribution in [1.29, 1.82) is 0 Å². The molecule has 0 spiro atoms. The number of H-pyrrole nitrogens is 1. The molecule has 12 nitrogen and oxygen atoms in total. The predicted octanol–water partition coefficient (Wildman–Crippen LogP) is 5.56. The quantitative estimate of drug-likeness (QED) is 0.218. The summed E-state index contributed by atoms with van der Waals surface area (Å²) in [6.45, 7) is 28.4. The van der Waals surface area contributed by atoms with E-state index < -0.39 is 5.41 Å². The van der Waals surface area contributed by atoms with Gasteiger partial charge in [-0.15, -0.1) is 20.4 Å². The molecule has 0 aliphatic rings. The highest BCUT2D eigenvalue weighted by Crippen LogP contribution is 2.33. The van der Waals surface area contributed by atoms with E-state index in [4.69, 9.17) is 0 Å². The maximum absolute atomic E-state index is 4.62. The molecule has 4 rings (SSSR count). The van der Waals surface area contributed by atoms with Gasteiger partial charge in [-0.3, -0.25) is 19.1 Å². The van der Waals surface area contributed by atoms with Gasteiger partial charge in [0.1, 0.15) is 0 Å². The van der Waals surface area contributed by atoms with Crippen LogP contribution in [0, 0.1) is 27.1 Å². The van der Waals surface area contributed by atoms with Crippen LogP contribution < -0.4 is 0 Å². The zero-order chi connectivity index (χ0) is 33.3. The summed E-state index contributed by atoms with van der Waals surface area (Å²) in [6, 6.07) is 0. The smallest absolute Gasteiger partial charge is 0.0861 e. The van der Waals surface area contributed by atoms with Crippen molar-refractivity contribution in [1.82, 2.24) is 60.4 Å². The van der Waals surface area contributed by atoms with Gasteiger partial charge in [-0.2, -0.15) is 0 Å². The second-order valence-electron chi connectivity index (χ2n) is 18.1. The summed E-state index contributed by atoms with van der Waals surface area (Å²) in [6.07, 6.45) is 10.3. The molecular formula is C33H56N12. The van der Waals surface area contributed by atoms with Gasteiger partial charge in [0.2, 0.25) is 0 Å². The van der Waals surface area contributed by atoms with E-state index in [1.165, 1.54) is 0 Å². The lowest BCUT2D eigenvalue weighted by Crippen LogP contribution is -2.39. The lowest BCUT2D eigenvalue weighted by molar-refractivity contribution is 0.138. The predicted molar refractivity (Wildman–Crippen MR) is 175 cm³/mol. The average Bonchev–Trinajstić information content (AvgIpc) is 3.62. The van der Waals surface area contributed by atoms with Gasteiger partial charge in [0, 0.05) is 30.4 Å². The zero-order valence-electron chi connectivity index (χ0n) is 29.8. The summed E-state index contributed by atoms with van der Waals surface area (Å²) in [5, 5.41) is 39.6. The molecule has 12 heteroatoms. The van der Waals surface area contributed by atoms with Crippen LogP contribution in [-0.4, -0.2) is 60.4 Å². The fourth-order valence-electron chi connectivity index (χ4n) is 5.90. The molecule has 4 aromatic heterocycles. The molecule has 0 aromatic carbocycles. The summed E-state index contributed by atoms with van der Waals surface area (Å²) in [5.74, 6) is 0. The molecule has 4 aromatic rings. The largest absolute Gasteiger partial charge is 0.262 e. The second-order valence-corrected chi connectivity index (χ2v) is 18.1. The number of nitrogens with one attached hydrogen (secondary N) is 1. The van der Waals surface area contributed by atoms with Gasteiger partial charge in [-0.25, -0.2) is 0 Å². The zero-order valence-corrected chi connectivity index (χ0v) is 29.8. The van der Waals surface area contributed by atoms with Gasteiger partial charge < -0.3 is 0 Å². The first-order valence-electron chi connectivity index (χ1n) is 16.2. The molecule has 0 amide bonds. The highest BCUT2D eigenvalue weighted by atomic mass is 15.5. The van der Waals surface area contributed by atoms with Crippen molar-refractivity contribution in [2.45, 2.75) is 135 Å². The van der Waals surface area contributed by atoms with Crippen molar-refractivity contribution in [2.75, 3.05) is 0 Å². The molecule has 1 N–H and O–H groups in total. The molecule has 4 heterocycles. The van der Waals surface area contributed by atoms with Crippen molar-refractivity contribution < 1.29 is 0 Å². The van der Waals surface area contributed by atoms with Crippen molar-refractivity contribution >= 4 is 0 Å². The molecule has 0 aliphatic carbocycles. The summed E-state index contributed by atoms with van der Waals surface area (Å²) >= 11 is 0. The highest BCUT2D eigenvalue weighted by Gasteiger charge is 2.37. The number of rotatable bonds is 12. The van der Waals surface area contributed by atoms with Crippen LogP contribution in [0.25, 0.3) is 0 Å². The van der Waals surface area contributed by atoms with E-state index in [2.05, 4.69) is 148 Å². The van der Waals surface area contributed by atoms with Crippen molar-refractivity contribution in [2.24, 2.45) is 27.1 Å². The lowest BCUT2D eigenvalue weighted by Gasteiger charge is -2.33. The molecule has 0 fully saturated rings. The Bertz CT molecular complexity index is 1370. The maximum atomic E-state index is 4.62. The highest BCUT2D eigenvalue weighted by molar-refractivity contribution is 5.13. The van der Waals surface area contributed by atoms with E-state index in [0.717, 1.165) is 54.2 Å². The topological polar surface area (TPSA) is 134 Å². The lowest BCUT2D eigenvalue weighted by atomic mass is 9.80. The van der Waals surface area contributed by atoms with Crippen molar-refractivity contribution in [3.63, 3.8) is 0 Å². The van der Waals surface area contributed by atoms with Gasteiger partial charge >= 0.3 is 0 Å². The van der Waals surface area contributed by atoms with Crippen LogP contribution in [0.1, 0.15) is 112 Å². The minimum atomic E-state index is -0.451. The molecule has 248 valence electrons. The average molecular weight is 621 g/mol. The van der Waals surface area contributed by atoms with E-state index >= 15 is 0 Å². The van der Waals surface area contributed by atoms with Crippen LogP contribution in [0.15, 0.2) is 18.6 Å². The Morgan fingerprint density at radius 2 is 0.844 bits per heavy atom. The third-order valence-electron chi connectivity index (χ3n) is 7.34. The number of hydrogen-bond acceptors (Lipinski definition) is 8. The van der Waals surface area contributed by atoms with Gasteiger partial charge in [0.15, 0.2) is 0 Å². The molecule has 45 heavy (non-hydrogen) atoms. The van der Waals surface area contributed by atoms with E-state index in [9.17, 15) is 0 Å². The summed E-state index contributed by atoms with van der Waals surface area (Å²) in [4.78, 5) is 0. The van der Waals surface area contributed by atoms with Crippen LogP contribution in [-0.2, 0) is 51.7 Å². The van der Waals surface area contributed by atoms with Gasteiger partial charge in [-0.1, -0.05) is 104 Å². The van der Waals surface area contributed by atoms with Crippen LogP contribution in [0.3, 0.4) is 0 Å². The van der Waals surface area contributed by atoms with Gasteiger partial charge in [-0.05, 0) is 47.3 Å². The third-order valence-corrected chi connectivity index (χ3v) is 7.34.